The zero-order chi connectivity index (χ0) is 18.5. The molecule has 2 aromatic carbocycles. The van der Waals surface area contributed by atoms with E-state index in [1.165, 1.54) is 12.1 Å². The van der Waals surface area contributed by atoms with Crippen LogP contribution in [0.3, 0.4) is 0 Å². The fourth-order valence-electron chi connectivity index (χ4n) is 2.40. The molecular formula is C18H16N4O4. The van der Waals surface area contributed by atoms with Crippen molar-refractivity contribution in [2.24, 2.45) is 0 Å². The molecule has 0 unspecified atom stereocenters. The van der Waals surface area contributed by atoms with Gasteiger partial charge in [0, 0.05) is 29.6 Å². The second kappa shape index (κ2) is 7.47. The number of nitro groups is 1. The molecule has 0 radical (unpaired) electrons. The van der Waals surface area contributed by atoms with Gasteiger partial charge in [0.25, 0.3) is 5.69 Å². The fraction of sp³-hybridized carbons (Fsp3) is 0.111. The van der Waals surface area contributed by atoms with E-state index in [2.05, 4.69) is 15.3 Å². The van der Waals surface area contributed by atoms with Gasteiger partial charge >= 0.3 is 0 Å². The largest absolute Gasteiger partial charge is 0.493 e. The molecule has 3 rings (SSSR count). The number of ether oxygens (including phenoxy) is 2. The van der Waals surface area contributed by atoms with E-state index >= 15 is 0 Å². The molecule has 0 spiro atoms. The molecule has 1 N–H and O–H groups in total. The lowest BCUT2D eigenvalue weighted by Gasteiger charge is -2.10. The topological polar surface area (TPSA) is 99.4 Å². The molecule has 0 aliphatic rings. The summed E-state index contributed by atoms with van der Waals surface area (Å²) >= 11 is 0. The van der Waals surface area contributed by atoms with Crippen LogP contribution in [0.2, 0.25) is 0 Å². The SMILES string of the molecule is COc1ccc(-c2ccnc(Nc3cccc([N+](=O)[O-])c3)n2)cc1OC. The van der Waals surface area contributed by atoms with Crippen molar-refractivity contribution in [3.05, 3.63) is 64.8 Å². The van der Waals surface area contributed by atoms with Crippen molar-refractivity contribution >= 4 is 17.3 Å². The van der Waals surface area contributed by atoms with E-state index in [-0.39, 0.29) is 5.69 Å². The van der Waals surface area contributed by atoms with Crippen LogP contribution in [0.4, 0.5) is 17.3 Å². The lowest BCUT2D eigenvalue weighted by atomic mass is 10.1. The third-order valence-corrected chi connectivity index (χ3v) is 3.65. The highest BCUT2D eigenvalue weighted by Crippen LogP contribution is 2.31. The molecule has 0 bridgehead atoms. The first-order chi connectivity index (χ1) is 12.6. The maximum atomic E-state index is 10.9. The normalized spacial score (nSPS) is 10.2. The van der Waals surface area contributed by atoms with Crippen LogP contribution in [0, 0.1) is 10.1 Å². The van der Waals surface area contributed by atoms with Gasteiger partial charge in [0.1, 0.15) is 0 Å². The van der Waals surface area contributed by atoms with Gasteiger partial charge in [-0.05, 0) is 30.3 Å². The van der Waals surface area contributed by atoms with Crippen molar-refractivity contribution in [1.82, 2.24) is 9.97 Å². The summed E-state index contributed by atoms with van der Waals surface area (Å²) in [4.78, 5) is 19.0. The average molecular weight is 352 g/mol. The Morgan fingerprint density at radius 3 is 2.58 bits per heavy atom. The molecule has 1 heterocycles. The minimum Gasteiger partial charge on any atom is -0.493 e. The first kappa shape index (κ1) is 17.2. The van der Waals surface area contributed by atoms with Crippen LogP contribution < -0.4 is 14.8 Å². The number of benzene rings is 2. The van der Waals surface area contributed by atoms with Gasteiger partial charge < -0.3 is 14.8 Å². The Balaban J connectivity index is 1.89. The number of rotatable bonds is 6. The van der Waals surface area contributed by atoms with Crippen LogP contribution in [-0.4, -0.2) is 29.1 Å². The van der Waals surface area contributed by atoms with Crippen LogP contribution in [0.5, 0.6) is 11.5 Å². The first-order valence-electron chi connectivity index (χ1n) is 7.67. The lowest BCUT2D eigenvalue weighted by molar-refractivity contribution is -0.384. The summed E-state index contributed by atoms with van der Waals surface area (Å²) in [5.74, 6) is 1.55. The van der Waals surface area contributed by atoms with Gasteiger partial charge in [0.15, 0.2) is 11.5 Å². The van der Waals surface area contributed by atoms with Gasteiger partial charge in [-0.25, -0.2) is 9.97 Å². The van der Waals surface area contributed by atoms with Crippen LogP contribution in [-0.2, 0) is 0 Å². The molecule has 26 heavy (non-hydrogen) atoms. The number of nitrogens with one attached hydrogen (secondary N) is 1. The highest BCUT2D eigenvalue weighted by molar-refractivity contribution is 5.66. The number of non-ortho nitro benzene ring substituents is 1. The maximum Gasteiger partial charge on any atom is 0.271 e. The van der Waals surface area contributed by atoms with Crippen LogP contribution in [0.1, 0.15) is 0 Å². The van der Waals surface area contributed by atoms with E-state index in [4.69, 9.17) is 9.47 Å². The van der Waals surface area contributed by atoms with Crippen molar-refractivity contribution in [2.75, 3.05) is 19.5 Å². The molecule has 0 aliphatic heterocycles. The second-order valence-corrected chi connectivity index (χ2v) is 5.27. The lowest BCUT2D eigenvalue weighted by Crippen LogP contribution is -1.99. The molecule has 3 aromatic rings. The van der Waals surface area contributed by atoms with Gasteiger partial charge in [-0.15, -0.1) is 0 Å². The van der Waals surface area contributed by atoms with Gasteiger partial charge in [0.05, 0.1) is 24.8 Å². The zero-order valence-electron chi connectivity index (χ0n) is 14.2. The predicted molar refractivity (Wildman–Crippen MR) is 97.0 cm³/mol. The van der Waals surface area contributed by atoms with E-state index in [1.54, 1.807) is 44.7 Å². The molecule has 0 saturated heterocycles. The van der Waals surface area contributed by atoms with Crippen molar-refractivity contribution in [3.8, 4) is 22.8 Å². The molecule has 8 nitrogen and oxygen atoms in total. The molecule has 0 aliphatic carbocycles. The molecule has 0 fully saturated rings. The van der Waals surface area contributed by atoms with E-state index in [1.807, 2.05) is 12.1 Å². The molecule has 0 saturated carbocycles. The number of anilines is 2. The molecule has 8 heteroatoms. The average Bonchev–Trinajstić information content (AvgIpc) is 2.67. The molecule has 0 atom stereocenters. The summed E-state index contributed by atoms with van der Waals surface area (Å²) in [6.45, 7) is 0. The van der Waals surface area contributed by atoms with E-state index in [9.17, 15) is 10.1 Å². The summed E-state index contributed by atoms with van der Waals surface area (Å²) in [6.07, 6.45) is 1.61. The Labute approximate surface area is 149 Å². The number of aromatic nitrogens is 2. The van der Waals surface area contributed by atoms with E-state index < -0.39 is 4.92 Å². The number of hydrogen-bond donors (Lipinski definition) is 1. The fourth-order valence-corrected chi connectivity index (χ4v) is 2.40. The van der Waals surface area contributed by atoms with Crippen molar-refractivity contribution in [2.45, 2.75) is 0 Å². The standard InChI is InChI=1S/C18H16N4O4/c1-25-16-7-6-12(10-17(16)26-2)15-8-9-19-18(21-15)20-13-4-3-5-14(11-13)22(23)24/h3-11H,1-2H3,(H,19,20,21). The summed E-state index contributed by atoms with van der Waals surface area (Å²) < 4.78 is 10.5. The summed E-state index contributed by atoms with van der Waals surface area (Å²) in [5, 5.41) is 13.9. The van der Waals surface area contributed by atoms with Gasteiger partial charge in [-0.1, -0.05) is 6.07 Å². The predicted octanol–water partition coefficient (Wildman–Crippen LogP) is 3.81. The van der Waals surface area contributed by atoms with Gasteiger partial charge in [0.2, 0.25) is 5.95 Å². The third kappa shape index (κ3) is 3.69. The summed E-state index contributed by atoms with van der Waals surface area (Å²) in [7, 11) is 3.14. The van der Waals surface area contributed by atoms with Crippen molar-refractivity contribution in [1.29, 1.82) is 0 Å². The molecular weight excluding hydrogens is 336 g/mol. The zero-order valence-corrected chi connectivity index (χ0v) is 14.2. The Morgan fingerprint density at radius 1 is 1.04 bits per heavy atom. The maximum absolute atomic E-state index is 10.9. The van der Waals surface area contributed by atoms with Crippen molar-refractivity contribution in [3.63, 3.8) is 0 Å². The number of hydrogen-bond acceptors (Lipinski definition) is 7. The Morgan fingerprint density at radius 2 is 1.85 bits per heavy atom. The molecule has 132 valence electrons. The monoisotopic (exact) mass is 352 g/mol. The second-order valence-electron chi connectivity index (χ2n) is 5.27. The summed E-state index contributed by atoms with van der Waals surface area (Å²) in [5.41, 5.74) is 2.02. The van der Waals surface area contributed by atoms with Crippen LogP contribution in [0.25, 0.3) is 11.3 Å². The molecule has 0 amide bonds. The van der Waals surface area contributed by atoms with E-state index in [0.29, 0.717) is 28.8 Å². The Bertz CT molecular complexity index is 946. The van der Waals surface area contributed by atoms with E-state index in [0.717, 1.165) is 5.56 Å². The minimum absolute atomic E-state index is 0.00829. The van der Waals surface area contributed by atoms with Crippen molar-refractivity contribution < 1.29 is 14.4 Å². The first-order valence-corrected chi connectivity index (χ1v) is 7.67. The third-order valence-electron chi connectivity index (χ3n) is 3.65. The Hall–Kier alpha value is -3.68. The van der Waals surface area contributed by atoms with Crippen LogP contribution >= 0.6 is 0 Å². The quantitative estimate of drug-likeness (QED) is 0.532. The van der Waals surface area contributed by atoms with Crippen LogP contribution in [0.15, 0.2) is 54.7 Å². The molecule has 1 aromatic heterocycles. The summed E-state index contributed by atoms with van der Waals surface area (Å²) in [6, 6.07) is 13.4. The van der Waals surface area contributed by atoms with Gasteiger partial charge in [-0.3, -0.25) is 10.1 Å². The minimum atomic E-state index is -0.452. The highest BCUT2D eigenvalue weighted by atomic mass is 16.6. The Kier molecular flexibility index (Phi) is 4.93. The number of nitro benzene ring substituents is 1. The number of nitrogens with zero attached hydrogens (tertiary/aromatic N) is 3. The number of methoxy groups -OCH3 is 2. The highest BCUT2D eigenvalue weighted by Gasteiger charge is 2.10. The van der Waals surface area contributed by atoms with Gasteiger partial charge in [-0.2, -0.15) is 0 Å². The smallest absolute Gasteiger partial charge is 0.271 e.